The largest absolute Gasteiger partial charge is 0.494 e. The number of alkyl halides is 2. The van der Waals surface area contributed by atoms with Crippen molar-refractivity contribution >= 4 is 93.8 Å². The van der Waals surface area contributed by atoms with E-state index in [9.17, 15) is 61.8 Å². The second kappa shape index (κ2) is 37.6. The number of rotatable bonds is 32. The van der Waals surface area contributed by atoms with Crippen LogP contribution in [0.4, 0.5) is 8.78 Å². The van der Waals surface area contributed by atoms with Gasteiger partial charge < -0.3 is 45.1 Å². The number of amides is 7. The van der Waals surface area contributed by atoms with E-state index in [1.165, 1.54) is 12.3 Å². The summed E-state index contributed by atoms with van der Waals surface area (Å²) in [5.41, 5.74) is 1.86. The number of benzene rings is 2. The fourth-order valence-corrected chi connectivity index (χ4v) is 11.3. The van der Waals surface area contributed by atoms with Crippen LogP contribution in [0.3, 0.4) is 0 Å². The summed E-state index contributed by atoms with van der Waals surface area (Å²) in [5, 5.41) is 20.8. The van der Waals surface area contributed by atoms with Gasteiger partial charge in [-0.05, 0) is 122 Å². The lowest BCUT2D eigenvalue weighted by molar-refractivity contribution is -0.140. The predicted molar refractivity (Wildman–Crippen MR) is 333 cm³/mol. The van der Waals surface area contributed by atoms with Gasteiger partial charge in [0, 0.05) is 100.0 Å². The number of aromatic nitrogens is 1. The predicted octanol–water partition coefficient (Wildman–Crippen LogP) is 2.62. The van der Waals surface area contributed by atoms with Gasteiger partial charge in [0.15, 0.2) is 0 Å². The number of pyridine rings is 1. The Morgan fingerprint density at radius 2 is 1.42 bits per heavy atom. The lowest BCUT2D eigenvalue weighted by Crippen LogP contribution is -2.53. The molecule has 7 amide bonds. The van der Waals surface area contributed by atoms with Gasteiger partial charge in [-0.1, -0.05) is 30.9 Å². The lowest BCUT2D eigenvalue weighted by Gasteiger charge is -2.33. The smallest absolute Gasteiger partial charge is 0.317 e. The molecule has 0 radical (unpaired) electrons. The summed E-state index contributed by atoms with van der Waals surface area (Å²) < 4.78 is 45.2. The molecule has 90 heavy (non-hydrogen) atoms. The maximum atomic E-state index is 14.0. The fourth-order valence-electron chi connectivity index (χ4n) is 10.9. The molecule has 0 aliphatic carbocycles. The van der Waals surface area contributed by atoms with Gasteiger partial charge in [-0.2, -0.15) is 0 Å². The van der Waals surface area contributed by atoms with Crippen LogP contribution in [0.15, 0.2) is 54.7 Å². The van der Waals surface area contributed by atoms with Gasteiger partial charge >= 0.3 is 5.97 Å². The number of unbranched alkanes of at least 4 members (excludes halogenated alkanes) is 2. The molecule has 490 valence electrons. The summed E-state index contributed by atoms with van der Waals surface area (Å²) in [4.78, 5) is 141. The molecule has 25 nitrogen and oxygen atoms in total. The number of fused-ring (bicyclic) bond motifs is 1. The molecule has 28 heteroatoms. The molecule has 2 aromatic carbocycles. The Balaban J connectivity index is 0.977. The summed E-state index contributed by atoms with van der Waals surface area (Å²) in [6.45, 7) is 2.62. The molecular formula is C62H82F2IN11O14. The quantitative estimate of drug-likeness (QED) is 0.0197. The zero-order valence-electron chi connectivity index (χ0n) is 50.6. The summed E-state index contributed by atoms with van der Waals surface area (Å²) >= 11 is 2.24. The highest BCUT2D eigenvalue weighted by Gasteiger charge is 2.46. The van der Waals surface area contributed by atoms with Gasteiger partial charge in [0.05, 0.1) is 49.9 Å². The van der Waals surface area contributed by atoms with Crippen molar-refractivity contribution in [3.8, 4) is 18.1 Å². The molecule has 4 heterocycles. The first-order valence-corrected chi connectivity index (χ1v) is 31.5. The van der Waals surface area contributed by atoms with Gasteiger partial charge in [-0.3, -0.25) is 77.8 Å². The van der Waals surface area contributed by atoms with E-state index in [1.807, 2.05) is 34.1 Å². The van der Waals surface area contributed by atoms with Gasteiger partial charge in [-0.25, -0.2) is 8.78 Å². The number of nitrogens with one attached hydrogen (secondary N) is 4. The zero-order valence-corrected chi connectivity index (χ0v) is 52.8. The van der Waals surface area contributed by atoms with Crippen LogP contribution in [0.2, 0.25) is 0 Å². The standard InChI is InChI=1S/C62H82F2IN11O14/c1-2-48-36-62(63,64)40-76(48)58(83)37-68-60(86)50-18-22-66-52-17-16-49(34-51(50)52)90-33-7-9-46-19-23-75(24-20-46)57(82)35-55(80)70-61(87)53(10-4-3-5-21-67-54(79)11-6-8-45-12-14-47(65)15-13-45)69-56(81)38-71-25-26-72(39-59(84)85)28-30-74(42-89-44-78)32-31-73(29-27-71)41-88-43-77/h1,12-18,22,34,43-44,46,48,53H,3-11,19-21,23-33,35-42H2,(H,67,79)(H,68,86)(H,69,81)(H,84,85)(H,70,80,87)/t48-,53-/m0/s1. The van der Waals surface area contributed by atoms with Crippen LogP contribution in [0, 0.1) is 21.8 Å². The van der Waals surface area contributed by atoms with Crippen LogP contribution in [0.1, 0.15) is 93.0 Å². The number of imide groups is 1. The Bertz CT molecular complexity index is 2950. The molecule has 6 rings (SSSR count). The molecule has 3 fully saturated rings. The van der Waals surface area contributed by atoms with Crippen molar-refractivity contribution in [2.45, 2.75) is 101 Å². The number of nitrogens with zero attached hydrogens (tertiary/aromatic N) is 7. The fraction of sp³-hybridized carbons (Fsp3) is 0.565. The minimum Gasteiger partial charge on any atom is -0.494 e. The van der Waals surface area contributed by atoms with E-state index in [1.54, 1.807) is 32.9 Å². The highest BCUT2D eigenvalue weighted by atomic mass is 127. The number of hydrogen-bond acceptors (Lipinski definition) is 18. The molecule has 3 aromatic rings. The van der Waals surface area contributed by atoms with Crippen LogP contribution >= 0.6 is 22.6 Å². The number of carboxylic acid groups (broad SMARTS) is 1. The van der Waals surface area contributed by atoms with E-state index in [0.717, 1.165) is 26.9 Å². The molecule has 3 aliphatic rings. The Labute approximate surface area is 536 Å². The first-order valence-electron chi connectivity index (χ1n) is 30.4. The van der Waals surface area contributed by atoms with Crippen LogP contribution in [0.5, 0.6) is 5.75 Å². The molecule has 3 aliphatic heterocycles. The molecule has 1 aromatic heterocycles. The van der Waals surface area contributed by atoms with E-state index in [-0.39, 0.29) is 76.5 Å². The third kappa shape index (κ3) is 25.1. The SMILES string of the molecule is C#C[C@H]1CC(F)(F)CN1C(=O)CNC(=O)c1ccnc2ccc(OCCCC3CCN(C(=O)CC(=O)NC(=O)[C@H](CCCCCNC(=O)CCCc4ccc(I)cc4)NC(=O)CN4CCN(COC=O)CCN(COC=O)CCN(CC(=O)O)CC4)CC3)cc12. The number of aryl methyl sites for hydroxylation is 1. The number of likely N-dealkylation sites (tertiary alicyclic amines) is 2. The van der Waals surface area contributed by atoms with Crippen molar-refractivity contribution < 1.29 is 76.0 Å². The summed E-state index contributed by atoms with van der Waals surface area (Å²) in [7, 11) is 0. The normalized spacial score (nSPS) is 17.6. The van der Waals surface area contributed by atoms with Gasteiger partial charge in [0.1, 0.15) is 31.7 Å². The number of hydrogen-bond donors (Lipinski definition) is 5. The van der Waals surface area contributed by atoms with Crippen molar-refractivity contribution in [3.63, 3.8) is 0 Å². The van der Waals surface area contributed by atoms with E-state index < -0.39 is 85.3 Å². The van der Waals surface area contributed by atoms with Crippen molar-refractivity contribution in [1.82, 2.24) is 55.7 Å². The topological polar surface area (TPSA) is 299 Å². The highest BCUT2D eigenvalue weighted by molar-refractivity contribution is 14.1. The van der Waals surface area contributed by atoms with E-state index >= 15 is 0 Å². The lowest BCUT2D eigenvalue weighted by atomic mass is 9.92. The average molecular weight is 1370 g/mol. The number of carbonyl (C=O) groups excluding carboxylic acids is 9. The van der Waals surface area contributed by atoms with Crippen molar-refractivity contribution in [2.24, 2.45) is 5.92 Å². The van der Waals surface area contributed by atoms with Crippen molar-refractivity contribution in [2.75, 3.05) is 118 Å². The number of halogens is 3. The number of terminal acetylenes is 1. The van der Waals surface area contributed by atoms with Gasteiger partial charge in [-0.15, -0.1) is 6.42 Å². The summed E-state index contributed by atoms with van der Waals surface area (Å²) in [6, 6.07) is 12.5. The number of ether oxygens (including phenoxy) is 3. The minimum atomic E-state index is -3.11. The molecule has 5 N–H and O–H groups in total. The molecule has 2 atom stereocenters. The zero-order chi connectivity index (χ0) is 64.8. The molecule has 0 bridgehead atoms. The second-order valence-corrected chi connectivity index (χ2v) is 23.9. The maximum absolute atomic E-state index is 14.0. The number of carbonyl (C=O) groups is 10. The van der Waals surface area contributed by atoms with Crippen LogP contribution in [-0.2, 0) is 59.0 Å². The number of piperidine rings is 1. The Morgan fingerprint density at radius 1 is 0.767 bits per heavy atom. The molecular weight excluding hydrogens is 1290 g/mol. The Kier molecular flexibility index (Phi) is 30.0. The Morgan fingerprint density at radius 3 is 2.07 bits per heavy atom. The Hall–Kier alpha value is -7.46. The third-order valence-electron chi connectivity index (χ3n) is 15.9. The van der Waals surface area contributed by atoms with Crippen molar-refractivity contribution in [3.05, 3.63) is 69.4 Å². The number of carboxylic acids is 1. The second-order valence-electron chi connectivity index (χ2n) is 22.7. The third-order valence-corrected chi connectivity index (χ3v) is 16.7. The molecule has 0 spiro atoms. The maximum Gasteiger partial charge on any atom is 0.317 e. The van der Waals surface area contributed by atoms with Crippen molar-refractivity contribution in [1.29, 1.82) is 0 Å². The van der Waals surface area contributed by atoms with Gasteiger partial charge in [0.2, 0.25) is 35.4 Å². The van der Waals surface area contributed by atoms with Crippen LogP contribution in [0.25, 0.3) is 10.9 Å². The van der Waals surface area contributed by atoms with Gasteiger partial charge in [0.25, 0.3) is 24.8 Å². The van der Waals surface area contributed by atoms with E-state index in [4.69, 9.17) is 20.6 Å². The van der Waals surface area contributed by atoms with Crippen LogP contribution < -0.4 is 26.0 Å². The highest BCUT2D eigenvalue weighted by Crippen LogP contribution is 2.32. The van der Waals surface area contributed by atoms with E-state index in [2.05, 4.69) is 54.8 Å². The first-order chi connectivity index (χ1) is 43.3. The minimum absolute atomic E-state index is 0.0325. The monoisotopic (exact) mass is 1370 g/mol. The summed E-state index contributed by atoms with van der Waals surface area (Å²) in [6.07, 6.45) is 11.9. The number of aliphatic carboxylic acids is 1. The first kappa shape index (κ1) is 71.6. The van der Waals surface area contributed by atoms with E-state index in [0.29, 0.717) is 133 Å². The molecule has 0 unspecified atom stereocenters. The molecule has 3 saturated heterocycles. The summed E-state index contributed by atoms with van der Waals surface area (Å²) in [5.74, 6) is -5.26. The average Bonchev–Trinajstić information content (AvgIpc) is 1.73. The van der Waals surface area contributed by atoms with Crippen LogP contribution in [-0.4, -0.2) is 236 Å². The molecule has 0 saturated carbocycles.